The van der Waals surface area contributed by atoms with E-state index in [1.165, 1.54) is 0 Å². The van der Waals surface area contributed by atoms with Crippen LogP contribution in [0.1, 0.15) is 47.5 Å². The van der Waals surface area contributed by atoms with E-state index in [1.807, 2.05) is 13.8 Å². The third-order valence-corrected chi connectivity index (χ3v) is 2.85. The average molecular weight is 244 g/mol. The summed E-state index contributed by atoms with van der Waals surface area (Å²) in [6.07, 6.45) is 1.17. The van der Waals surface area contributed by atoms with Crippen LogP contribution in [0.3, 0.4) is 0 Å². The highest BCUT2D eigenvalue weighted by molar-refractivity contribution is 5.76. The molecule has 0 aromatic rings. The van der Waals surface area contributed by atoms with Gasteiger partial charge < -0.3 is 16.2 Å². The second-order valence-electron chi connectivity index (χ2n) is 6.25. The first-order valence-electron chi connectivity index (χ1n) is 6.31. The minimum Gasteiger partial charge on any atom is -0.396 e. The van der Waals surface area contributed by atoms with Gasteiger partial charge in [0.15, 0.2) is 0 Å². The van der Waals surface area contributed by atoms with Crippen molar-refractivity contribution >= 4 is 5.91 Å². The van der Waals surface area contributed by atoms with Crippen LogP contribution in [0.15, 0.2) is 0 Å². The van der Waals surface area contributed by atoms with Crippen molar-refractivity contribution < 1.29 is 9.90 Å². The van der Waals surface area contributed by atoms with E-state index in [0.717, 1.165) is 6.42 Å². The highest BCUT2D eigenvalue weighted by Crippen LogP contribution is 2.21. The Morgan fingerprint density at radius 3 is 2.29 bits per heavy atom. The summed E-state index contributed by atoms with van der Waals surface area (Å²) in [6, 6.07) is -0.124. The molecule has 0 fully saturated rings. The van der Waals surface area contributed by atoms with Gasteiger partial charge in [0.25, 0.3) is 0 Å². The van der Waals surface area contributed by atoms with E-state index in [2.05, 4.69) is 26.1 Å². The van der Waals surface area contributed by atoms with Gasteiger partial charge in [-0.3, -0.25) is 4.79 Å². The smallest absolute Gasteiger partial charge is 0.221 e. The van der Waals surface area contributed by atoms with E-state index in [0.29, 0.717) is 6.42 Å². The molecule has 4 heteroatoms. The van der Waals surface area contributed by atoms with Crippen molar-refractivity contribution in [2.45, 2.75) is 59.5 Å². The van der Waals surface area contributed by atoms with Gasteiger partial charge in [0.1, 0.15) is 0 Å². The summed E-state index contributed by atoms with van der Waals surface area (Å²) in [7, 11) is 0. The molecule has 0 saturated heterocycles. The molecule has 0 aromatic heterocycles. The lowest BCUT2D eigenvalue weighted by Gasteiger charge is -2.24. The second-order valence-corrected chi connectivity index (χ2v) is 6.25. The normalized spacial score (nSPS) is 17.4. The minimum atomic E-state index is -0.105. The van der Waals surface area contributed by atoms with Crippen molar-refractivity contribution in [3.8, 4) is 0 Å². The van der Waals surface area contributed by atoms with Crippen molar-refractivity contribution in [2.75, 3.05) is 6.61 Å². The number of nitrogens with two attached hydrogens (primary N) is 1. The quantitative estimate of drug-likeness (QED) is 0.658. The van der Waals surface area contributed by atoms with Crippen LogP contribution in [-0.2, 0) is 4.79 Å². The number of nitrogens with one attached hydrogen (secondary N) is 1. The molecular weight excluding hydrogens is 216 g/mol. The molecule has 17 heavy (non-hydrogen) atoms. The number of carbonyl (C=O) groups is 1. The van der Waals surface area contributed by atoms with E-state index < -0.39 is 0 Å². The molecule has 3 atom stereocenters. The number of hydrogen-bond donors (Lipinski definition) is 3. The van der Waals surface area contributed by atoms with Crippen LogP contribution in [0, 0.1) is 11.3 Å². The molecule has 0 saturated carbocycles. The maximum absolute atomic E-state index is 11.7. The number of hydrogen-bond acceptors (Lipinski definition) is 3. The summed E-state index contributed by atoms with van der Waals surface area (Å²) in [5.41, 5.74) is 6.08. The Morgan fingerprint density at radius 2 is 1.88 bits per heavy atom. The Labute approximate surface area is 105 Å². The summed E-state index contributed by atoms with van der Waals surface area (Å²) < 4.78 is 0. The first-order chi connectivity index (χ1) is 7.65. The molecule has 0 heterocycles. The van der Waals surface area contributed by atoms with Gasteiger partial charge in [-0.15, -0.1) is 0 Å². The minimum absolute atomic E-state index is 0.0191. The van der Waals surface area contributed by atoms with Crippen LogP contribution in [0.4, 0.5) is 0 Å². The highest BCUT2D eigenvalue weighted by Gasteiger charge is 2.20. The van der Waals surface area contributed by atoms with Gasteiger partial charge in [-0.1, -0.05) is 27.7 Å². The Balaban J connectivity index is 4.02. The summed E-state index contributed by atoms with van der Waals surface area (Å²) in [4.78, 5) is 11.7. The zero-order chi connectivity index (χ0) is 13.6. The predicted octanol–water partition coefficient (Wildman–Crippen LogP) is 1.27. The van der Waals surface area contributed by atoms with Crippen LogP contribution in [0.2, 0.25) is 0 Å². The van der Waals surface area contributed by atoms with Crippen molar-refractivity contribution in [1.82, 2.24) is 5.32 Å². The predicted molar refractivity (Wildman–Crippen MR) is 70.5 cm³/mol. The SMILES string of the molecule is CC(CO)C(C)NC(=O)CC(N)CC(C)(C)C. The van der Waals surface area contributed by atoms with Crippen molar-refractivity contribution in [2.24, 2.45) is 17.1 Å². The fourth-order valence-electron chi connectivity index (χ4n) is 1.71. The summed E-state index contributed by atoms with van der Waals surface area (Å²) >= 11 is 0. The molecule has 4 nitrogen and oxygen atoms in total. The molecule has 0 aliphatic carbocycles. The van der Waals surface area contributed by atoms with Crippen LogP contribution in [0.25, 0.3) is 0 Å². The molecule has 0 aliphatic rings. The fraction of sp³-hybridized carbons (Fsp3) is 0.923. The van der Waals surface area contributed by atoms with Crippen LogP contribution < -0.4 is 11.1 Å². The molecule has 3 unspecified atom stereocenters. The van der Waals surface area contributed by atoms with Gasteiger partial charge in [-0.05, 0) is 24.7 Å². The van der Waals surface area contributed by atoms with Gasteiger partial charge >= 0.3 is 0 Å². The summed E-state index contributed by atoms with van der Waals surface area (Å²) in [5.74, 6) is 0.0346. The lowest BCUT2D eigenvalue weighted by molar-refractivity contribution is -0.122. The van der Waals surface area contributed by atoms with Gasteiger partial charge in [-0.25, -0.2) is 0 Å². The van der Waals surface area contributed by atoms with E-state index in [1.54, 1.807) is 0 Å². The number of aliphatic hydroxyl groups is 1. The molecule has 4 N–H and O–H groups in total. The summed E-state index contributed by atoms with van der Waals surface area (Å²) in [5, 5.41) is 11.8. The maximum Gasteiger partial charge on any atom is 0.221 e. The van der Waals surface area contributed by atoms with Crippen molar-refractivity contribution in [1.29, 1.82) is 0 Å². The molecule has 0 bridgehead atoms. The molecule has 0 aromatic carbocycles. The first-order valence-corrected chi connectivity index (χ1v) is 6.31. The number of rotatable bonds is 6. The van der Waals surface area contributed by atoms with Crippen LogP contribution >= 0.6 is 0 Å². The first kappa shape index (κ1) is 16.4. The van der Waals surface area contributed by atoms with Gasteiger partial charge in [-0.2, -0.15) is 0 Å². The number of aliphatic hydroxyl groups excluding tert-OH is 1. The zero-order valence-corrected chi connectivity index (χ0v) is 11.8. The van der Waals surface area contributed by atoms with Crippen molar-refractivity contribution in [3.05, 3.63) is 0 Å². The lowest BCUT2D eigenvalue weighted by Crippen LogP contribution is -2.41. The molecular formula is C13H28N2O2. The number of amides is 1. The van der Waals surface area contributed by atoms with Gasteiger partial charge in [0.05, 0.1) is 0 Å². The van der Waals surface area contributed by atoms with Gasteiger partial charge in [0, 0.05) is 25.1 Å². The standard InChI is InChI=1S/C13H28N2O2/c1-9(8-16)10(2)15-12(17)6-11(14)7-13(3,4)5/h9-11,16H,6-8,14H2,1-5H3,(H,15,17). The zero-order valence-electron chi connectivity index (χ0n) is 11.8. The Hall–Kier alpha value is -0.610. The van der Waals surface area contributed by atoms with E-state index in [9.17, 15) is 4.79 Å². The second kappa shape index (κ2) is 6.97. The summed E-state index contributed by atoms with van der Waals surface area (Å²) in [6.45, 7) is 10.2. The average Bonchev–Trinajstić information content (AvgIpc) is 2.12. The van der Waals surface area contributed by atoms with E-state index in [-0.39, 0.29) is 35.9 Å². The monoisotopic (exact) mass is 244 g/mol. The Bertz CT molecular complexity index is 236. The molecule has 0 rings (SSSR count). The van der Waals surface area contributed by atoms with Crippen molar-refractivity contribution in [3.63, 3.8) is 0 Å². The molecule has 0 aliphatic heterocycles. The maximum atomic E-state index is 11.7. The lowest BCUT2D eigenvalue weighted by atomic mass is 9.87. The molecule has 0 spiro atoms. The number of carbonyl (C=O) groups excluding carboxylic acids is 1. The van der Waals surface area contributed by atoms with E-state index >= 15 is 0 Å². The highest BCUT2D eigenvalue weighted by atomic mass is 16.3. The van der Waals surface area contributed by atoms with Crippen LogP contribution in [0.5, 0.6) is 0 Å². The van der Waals surface area contributed by atoms with Crippen LogP contribution in [-0.4, -0.2) is 29.7 Å². The molecule has 1 amide bonds. The van der Waals surface area contributed by atoms with Gasteiger partial charge in [0.2, 0.25) is 5.91 Å². The third-order valence-electron chi connectivity index (χ3n) is 2.85. The largest absolute Gasteiger partial charge is 0.396 e. The third kappa shape index (κ3) is 8.16. The molecule has 102 valence electrons. The molecule has 0 radical (unpaired) electrons. The fourth-order valence-corrected chi connectivity index (χ4v) is 1.71. The Kier molecular flexibility index (Phi) is 6.72. The Morgan fingerprint density at radius 1 is 1.35 bits per heavy atom. The van der Waals surface area contributed by atoms with E-state index in [4.69, 9.17) is 10.8 Å². The topological polar surface area (TPSA) is 75.3 Å².